The van der Waals surface area contributed by atoms with Gasteiger partial charge >= 0.3 is 0 Å². The van der Waals surface area contributed by atoms with E-state index in [4.69, 9.17) is 14.2 Å². The standard InChI is InChI=1S/C18H21FN2O3/c1-2-22-15-8-5-6-13(19)17(15)24-18(14-7-3-4-9-21-14)16-12-20-10-11-23-16/h3-9,16,18,20H,2,10-12H2,1H3. The van der Waals surface area contributed by atoms with Gasteiger partial charge in [-0.3, -0.25) is 4.98 Å². The third-order valence-electron chi connectivity index (χ3n) is 3.75. The molecule has 2 heterocycles. The number of morpholine rings is 1. The molecular weight excluding hydrogens is 311 g/mol. The van der Waals surface area contributed by atoms with E-state index in [2.05, 4.69) is 10.3 Å². The van der Waals surface area contributed by atoms with Crippen LogP contribution in [0.5, 0.6) is 11.5 Å². The molecule has 2 atom stereocenters. The van der Waals surface area contributed by atoms with E-state index >= 15 is 0 Å². The molecule has 0 aliphatic carbocycles. The Labute approximate surface area is 140 Å². The Morgan fingerprint density at radius 2 is 2.25 bits per heavy atom. The molecule has 0 saturated carbocycles. The predicted octanol–water partition coefficient (Wildman–Crippen LogP) is 2.73. The Balaban J connectivity index is 1.92. The average Bonchev–Trinajstić information content (AvgIpc) is 2.63. The third kappa shape index (κ3) is 3.83. The molecule has 0 amide bonds. The first-order chi connectivity index (χ1) is 11.8. The number of nitrogens with one attached hydrogen (secondary N) is 1. The number of pyridine rings is 1. The largest absolute Gasteiger partial charge is 0.490 e. The van der Waals surface area contributed by atoms with Gasteiger partial charge in [0.05, 0.1) is 18.9 Å². The normalized spacial score (nSPS) is 18.8. The number of benzene rings is 1. The fourth-order valence-corrected chi connectivity index (χ4v) is 2.65. The molecule has 1 aromatic heterocycles. The molecule has 0 spiro atoms. The maximum absolute atomic E-state index is 14.3. The van der Waals surface area contributed by atoms with E-state index in [9.17, 15) is 4.39 Å². The number of rotatable bonds is 6. The van der Waals surface area contributed by atoms with E-state index < -0.39 is 11.9 Å². The summed E-state index contributed by atoms with van der Waals surface area (Å²) in [7, 11) is 0. The van der Waals surface area contributed by atoms with Gasteiger partial charge in [-0.2, -0.15) is 0 Å². The predicted molar refractivity (Wildman–Crippen MR) is 87.8 cm³/mol. The van der Waals surface area contributed by atoms with E-state index in [0.29, 0.717) is 31.2 Å². The van der Waals surface area contributed by atoms with Gasteiger partial charge in [-0.1, -0.05) is 12.1 Å². The van der Waals surface area contributed by atoms with Crippen LogP contribution in [0.3, 0.4) is 0 Å². The third-order valence-corrected chi connectivity index (χ3v) is 3.75. The molecule has 1 aromatic carbocycles. The quantitative estimate of drug-likeness (QED) is 0.881. The SMILES string of the molecule is CCOc1cccc(F)c1OC(c1ccccn1)C1CNCCO1. The van der Waals surface area contributed by atoms with Crippen LogP contribution in [0.2, 0.25) is 0 Å². The van der Waals surface area contributed by atoms with Crippen LogP contribution in [0.4, 0.5) is 4.39 Å². The smallest absolute Gasteiger partial charge is 0.197 e. The minimum absolute atomic E-state index is 0.0872. The van der Waals surface area contributed by atoms with Gasteiger partial charge in [-0.15, -0.1) is 0 Å². The first kappa shape index (κ1) is 16.7. The van der Waals surface area contributed by atoms with Crippen molar-refractivity contribution >= 4 is 0 Å². The van der Waals surface area contributed by atoms with Crippen molar-refractivity contribution in [2.45, 2.75) is 19.1 Å². The van der Waals surface area contributed by atoms with Crippen molar-refractivity contribution in [3.05, 3.63) is 54.1 Å². The highest BCUT2D eigenvalue weighted by molar-refractivity contribution is 5.41. The first-order valence-electron chi connectivity index (χ1n) is 8.10. The summed E-state index contributed by atoms with van der Waals surface area (Å²) in [6, 6.07) is 10.2. The molecule has 2 unspecified atom stereocenters. The Hall–Kier alpha value is -2.18. The molecule has 3 rings (SSSR count). The maximum Gasteiger partial charge on any atom is 0.197 e. The number of hydrogen-bond donors (Lipinski definition) is 1. The maximum atomic E-state index is 14.3. The van der Waals surface area contributed by atoms with Crippen molar-refractivity contribution in [2.24, 2.45) is 0 Å². The minimum Gasteiger partial charge on any atom is -0.490 e. The molecular formula is C18H21FN2O3. The van der Waals surface area contributed by atoms with Crippen molar-refractivity contribution < 1.29 is 18.6 Å². The zero-order valence-electron chi connectivity index (χ0n) is 13.6. The molecule has 0 bridgehead atoms. The molecule has 6 heteroatoms. The van der Waals surface area contributed by atoms with Crippen molar-refractivity contribution in [3.8, 4) is 11.5 Å². The monoisotopic (exact) mass is 332 g/mol. The van der Waals surface area contributed by atoms with E-state index in [0.717, 1.165) is 6.54 Å². The molecule has 1 N–H and O–H groups in total. The van der Waals surface area contributed by atoms with Crippen LogP contribution in [0.25, 0.3) is 0 Å². The minimum atomic E-state index is -0.532. The van der Waals surface area contributed by atoms with Crippen molar-refractivity contribution in [2.75, 3.05) is 26.3 Å². The van der Waals surface area contributed by atoms with Gasteiger partial charge < -0.3 is 19.5 Å². The summed E-state index contributed by atoms with van der Waals surface area (Å²) in [5, 5.41) is 3.27. The number of ether oxygens (including phenoxy) is 3. The van der Waals surface area contributed by atoms with E-state index in [1.165, 1.54) is 6.07 Å². The van der Waals surface area contributed by atoms with Gasteiger partial charge in [0.15, 0.2) is 23.4 Å². The van der Waals surface area contributed by atoms with Crippen molar-refractivity contribution in [1.29, 1.82) is 0 Å². The van der Waals surface area contributed by atoms with Crippen LogP contribution >= 0.6 is 0 Å². The molecule has 1 aliphatic rings. The highest BCUT2D eigenvalue weighted by Gasteiger charge is 2.30. The number of hydrogen-bond acceptors (Lipinski definition) is 5. The second-order valence-corrected chi connectivity index (χ2v) is 5.41. The summed E-state index contributed by atoms with van der Waals surface area (Å²) in [4.78, 5) is 4.36. The topological polar surface area (TPSA) is 52.6 Å². The van der Waals surface area contributed by atoms with Gasteiger partial charge in [0.25, 0.3) is 0 Å². The van der Waals surface area contributed by atoms with Crippen molar-refractivity contribution in [1.82, 2.24) is 10.3 Å². The summed E-state index contributed by atoms with van der Waals surface area (Å²) in [5.74, 6) is -0.00275. The molecule has 5 nitrogen and oxygen atoms in total. The lowest BCUT2D eigenvalue weighted by molar-refractivity contribution is -0.0464. The Morgan fingerprint density at radius 1 is 1.33 bits per heavy atom. The number of halogens is 1. The summed E-state index contributed by atoms with van der Waals surface area (Å²) in [6.07, 6.45) is 0.894. The summed E-state index contributed by atoms with van der Waals surface area (Å²) >= 11 is 0. The molecule has 24 heavy (non-hydrogen) atoms. The van der Waals surface area contributed by atoms with Gasteiger partial charge in [0.2, 0.25) is 0 Å². The fourth-order valence-electron chi connectivity index (χ4n) is 2.65. The molecule has 128 valence electrons. The van der Waals surface area contributed by atoms with Crippen LogP contribution < -0.4 is 14.8 Å². The zero-order valence-corrected chi connectivity index (χ0v) is 13.6. The summed E-state index contributed by atoms with van der Waals surface area (Å²) in [5.41, 5.74) is 0.692. The highest BCUT2D eigenvalue weighted by atomic mass is 19.1. The first-order valence-corrected chi connectivity index (χ1v) is 8.10. The number of nitrogens with zero attached hydrogens (tertiary/aromatic N) is 1. The lowest BCUT2D eigenvalue weighted by atomic mass is 10.1. The van der Waals surface area contributed by atoms with Gasteiger partial charge in [-0.05, 0) is 31.2 Å². The molecule has 0 radical (unpaired) electrons. The van der Waals surface area contributed by atoms with Crippen LogP contribution in [-0.4, -0.2) is 37.4 Å². The van der Waals surface area contributed by atoms with E-state index in [1.54, 1.807) is 18.3 Å². The molecule has 1 fully saturated rings. The van der Waals surface area contributed by atoms with Gasteiger partial charge in [-0.25, -0.2) is 4.39 Å². The second kappa shape index (κ2) is 8.08. The number of aromatic nitrogens is 1. The average molecular weight is 332 g/mol. The molecule has 1 aliphatic heterocycles. The second-order valence-electron chi connectivity index (χ2n) is 5.41. The van der Waals surface area contributed by atoms with E-state index in [1.807, 2.05) is 25.1 Å². The molecule has 1 saturated heterocycles. The Kier molecular flexibility index (Phi) is 5.61. The zero-order chi connectivity index (χ0) is 16.8. The van der Waals surface area contributed by atoms with Crippen LogP contribution in [-0.2, 0) is 4.74 Å². The van der Waals surface area contributed by atoms with E-state index in [-0.39, 0.29) is 11.9 Å². The lowest BCUT2D eigenvalue weighted by Crippen LogP contribution is -2.43. The van der Waals surface area contributed by atoms with Crippen LogP contribution in [0.15, 0.2) is 42.6 Å². The summed E-state index contributed by atoms with van der Waals surface area (Å²) in [6.45, 7) is 4.25. The highest BCUT2D eigenvalue weighted by Crippen LogP contribution is 2.35. The van der Waals surface area contributed by atoms with Gasteiger partial charge in [0, 0.05) is 19.3 Å². The Bertz CT molecular complexity index is 648. The summed E-state index contributed by atoms with van der Waals surface area (Å²) < 4.78 is 31.7. The number of para-hydroxylation sites is 1. The van der Waals surface area contributed by atoms with Crippen molar-refractivity contribution in [3.63, 3.8) is 0 Å². The van der Waals surface area contributed by atoms with Gasteiger partial charge in [0.1, 0.15) is 6.10 Å². The lowest BCUT2D eigenvalue weighted by Gasteiger charge is -2.31. The Morgan fingerprint density at radius 3 is 2.96 bits per heavy atom. The fraction of sp³-hybridized carbons (Fsp3) is 0.389. The van der Waals surface area contributed by atoms with Crippen LogP contribution in [0.1, 0.15) is 18.7 Å². The molecule has 2 aromatic rings. The van der Waals surface area contributed by atoms with Crippen LogP contribution in [0, 0.1) is 5.82 Å².